The normalized spacial score (nSPS) is 11.6. The van der Waals surface area contributed by atoms with Gasteiger partial charge in [0.25, 0.3) is 5.56 Å². The summed E-state index contributed by atoms with van der Waals surface area (Å²) >= 11 is 7.59. The number of unbranched alkanes of at least 4 members (excludes halogenated alkanes) is 1. The van der Waals surface area contributed by atoms with E-state index in [1.54, 1.807) is 18.8 Å². The lowest BCUT2D eigenvalue weighted by Gasteiger charge is -2.12. The van der Waals surface area contributed by atoms with E-state index < -0.39 is 0 Å². The molecule has 28 heavy (non-hydrogen) atoms. The summed E-state index contributed by atoms with van der Waals surface area (Å²) < 4.78 is 4.73. The molecule has 0 atom stereocenters. The van der Waals surface area contributed by atoms with E-state index in [9.17, 15) is 9.59 Å². The molecule has 1 aromatic carbocycles. The Kier molecular flexibility index (Phi) is 6.35. The third kappa shape index (κ3) is 4.05. The maximum Gasteiger partial charge on any atom is 0.332 e. The Morgan fingerprint density at radius 1 is 1.14 bits per heavy atom. The fourth-order valence-electron chi connectivity index (χ4n) is 3.08. The first kappa shape index (κ1) is 20.7. The summed E-state index contributed by atoms with van der Waals surface area (Å²) in [6.45, 7) is 7.10. The molecular formula is C20H25ClN4O2S. The van der Waals surface area contributed by atoms with Crippen LogP contribution in [0.2, 0.25) is 5.02 Å². The minimum atomic E-state index is -0.316. The first-order chi connectivity index (χ1) is 13.3. The van der Waals surface area contributed by atoms with Crippen LogP contribution in [0.5, 0.6) is 0 Å². The number of thioether (sulfide) groups is 1. The Labute approximate surface area is 173 Å². The van der Waals surface area contributed by atoms with Gasteiger partial charge in [-0.15, -0.1) is 0 Å². The van der Waals surface area contributed by atoms with Gasteiger partial charge in [-0.1, -0.05) is 62.7 Å². The van der Waals surface area contributed by atoms with Gasteiger partial charge in [0.2, 0.25) is 0 Å². The van der Waals surface area contributed by atoms with Gasteiger partial charge in [-0.25, -0.2) is 9.78 Å². The van der Waals surface area contributed by atoms with Gasteiger partial charge < -0.3 is 4.57 Å². The van der Waals surface area contributed by atoms with Gasteiger partial charge in [0, 0.05) is 23.9 Å². The number of aromatic nitrogens is 4. The summed E-state index contributed by atoms with van der Waals surface area (Å²) in [7, 11) is 1.68. The lowest BCUT2D eigenvalue weighted by Crippen LogP contribution is -2.39. The molecule has 0 aliphatic rings. The number of hydrogen-bond acceptors (Lipinski definition) is 4. The fourth-order valence-corrected chi connectivity index (χ4v) is 4.05. The van der Waals surface area contributed by atoms with E-state index in [1.807, 2.05) is 35.8 Å². The van der Waals surface area contributed by atoms with Crippen LogP contribution in [0.25, 0.3) is 11.2 Å². The number of benzene rings is 1. The topological polar surface area (TPSA) is 61.8 Å². The van der Waals surface area contributed by atoms with Gasteiger partial charge >= 0.3 is 5.69 Å². The molecule has 0 aliphatic heterocycles. The van der Waals surface area contributed by atoms with Crippen LogP contribution in [0.3, 0.4) is 0 Å². The van der Waals surface area contributed by atoms with Gasteiger partial charge in [0.05, 0.1) is 6.54 Å². The quantitative estimate of drug-likeness (QED) is 0.544. The Morgan fingerprint density at radius 2 is 1.82 bits per heavy atom. The Morgan fingerprint density at radius 3 is 2.43 bits per heavy atom. The number of nitrogens with zero attached hydrogens (tertiary/aromatic N) is 4. The smallest absolute Gasteiger partial charge is 0.309 e. The van der Waals surface area contributed by atoms with Crippen LogP contribution in [0.1, 0.15) is 39.2 Å². The van der Waals surface area contributed by atoms with Crippen molar-refractivity contribution in [3.05, 3.63) is 55.7 Å². The number of aryl methyl sites for hydroxylation is 1. The highest BCUT2D eigenvalue weighted by atomic mass is 35.5. The molecule has 2 heterocycles. The zero-order valence-electron chi connectivity index (χ0n) is 16.6. The van der Waals surface area contributed by atoms with E-state index in [2.05, 4.69) is 18.8 Å². The molecule has 6 nitrogen and oxygen atoms in total. The average molecular weight is 421 g/mol. The molecule has 0 spiro atoms. The molecular weight excluding hydrogens is 396 g/mol. The summed E-state index contributed by atoms with van der Waals surface area (Å²) in [6.07, 6.45) is 1.69. The number of hydrogen-bond donors (Lipinski definition) is 0. The zero-order valence-corrected chi connectivity index (χ0v) is 18.2. The molecule has 0 fully saturated rings. The summed E-state index contributed by atoms with van der Waals surface area (Å²) in [5, 5.41) is 1.70. The highest BCUT2D eigenvalue weighted by Gasteiger charge is 2.21. The largest absolute Gasteiger partial charge is 0.332 e. The summed E-state index contributed by atoms with van der Waals surface area (Å²) in [5.74, 6) is 0. The van der Waals surface area contributed by atoms with E-state index in [0.717, 1.165) is 23.6 Å². The molecule has 0 saturated heterocycles. The molecule has 0 radical (unpaired) electrons. The molecule has 3 rings (SSSR count). The van der Waals surface area contributed by atoms with Crippen molar-refractivity contribution in [1.82, 2.24) is 18.7 Å². The SMILES string of the molecule is CCCCn1c(=O)c2c(nc(SC(C)C)n2Cc2ccc(Cl)cc2)n(C)c1=O. The second-order valence-corrected chi connectivity index (χ2v) is 9.08. The van der Waals surface area contributed by atoms with Crippen molar-refractivity contribution in [2.75, 3.05) is 0 Å². The molecule has 0 N–H and O–H groups in total. The summed E-state index contributed by atoms with van der Waals surface area (Å²) in [5.41, 5.74) is 1.32. The number of fused-ring (bicyclic) bond motifs is 1. The first-order valence-corrected chi connectivity index (χ1v) is 10.7. The summed E-state index contributed by atoms with van der Waals surface area (Å²) in [4.78, 5) is 30.6. The third-order valence-corrected chi connectivity index (χ3v) is 5.77. The van der Waals surface area contributed by atoms with Crippen molar-refractivity contribution in [3.63, 3.8) is 0 Å². The monoisotopic (exact) mass is 420 g/mol. The van der Waals surface area contributed by atoms with E-state index in [-0.39, 0.29) is 11.2 Å². The van der Waals surface area contributed by atoms with E-state index in [0.29, 0.717) is 34.5 Å². The van der Waals surface area contributed by atoms with Crippen molar-refractivity contribution < 1.29 is 0 Å². The number of imidazole rings is 1. The van der Waals surface area contributed by atoms with Crippen molar-refractivity contribution in [3.8, 4) is 0 Å². The van der Waals surface area contributed by atoms with Gasteiger partial charge in [-0.05, 0) is 24.1 Å². The number of rotatable bonds is 7. The van der Waals surface area contributed by atoms with E-state index in [4.69, 9.17) is 11.6 Å². The molecule has 0 bridgehead atoms. The van der Waals surface area contributed by atoms with Crippen LogP contribution in [0.4, 0.5) is 0 Å². The van der Waals surface area contributed by atoms with Crippen LogP contribution < -0.4 is 11.2 Å². The standard InChI is InChI=1S/C20H25ClN4O2S/c1-5-6-11-24-18(26)16-17(23(4)20(24)27)22-19(28-13(2)3)25(16)12-14-7-9-15(21)10-8-14/h7-10,13H,5-6,11-12H2,1-4H3. The molecule has 0 unspecified atom stereocenters. The van der Waals surface area contributed by atoms with Gasteiger partial charge in [0.1, 0.15) is 0 Å². The first-order valence-electron chi connectivity index (χ1n) is 9.44. The van der Waals surface area contributed by atoms with Crippen LogP contribution in [-0.2, 0) is 20.1 Å². The van der Waals surface area contributed by atoms with Gasteiger partial charge in [0.15, 0.2) is 16.3 Å². The van der Waals surface area contributed by atoms with Crippen molar-refractivity contribution >= 4 is 34.5 Å². The minimum Gasteiger partial charge on any atom is -0.309 e. The fraction of sp³-hybridized carbons (Fsp3) is 0.450. The number of halogens is 1. The van der Waals surface area contributed by atoms with Crippen molar-refractivity contribution in [2.24, 2.45) is 7.05 Å². The predicted molar refractivity (Wildman–Crippen MR) is 116 cm³/mol. The molecule has 150 valence electrons. The molecule has 8 heteroatoms. The lowest BCUT2D eigenvalue weighted by molar-refractivity contribution is 0.564. The average Bonchev–Trinajstić information content (AvgIpc) is 2.99. The van der Waals surface area contributed by atoms with Crippen molar-refractivity contribution in [2.45, 2.75) is 57.1 Å². The van der Waals surface area contributed by atoms with Crippen LogP contribution in [-0.4, -0.2) is 23.9 Å². The van der Waals surface area contributed by atoms with Gasteiger partial charge in [-0.3, -0.25) is 13.9 Å². The molecule has 0 amide bonds. The highest BCUT2D eigenvalue weighted by molar-refractivity contribution is 7.99. The van der Waals surface area contributed by atoms with Crippen LogP contribution >= 0.6 is 23.4 Å². The highest BCUT2D eigenvalue weighted by Crippen LogP contribution is 2.26. The minimum absolute atomic E-state index is 0.274. The molecule has 0 saturated carbocycles. The van der Waals surface area contributed by atoms with E-state index >= 15 is 0 Å². The third-order valence-electron chi connectivity index (χ3n) is 4.53. The maximum absolute atomic E-state index is 13.2. The molecule has 3 aromatic rings. The predicted octanol–water partition coefficient (Wildman–Crippen LogP) is 3.90. The zero-order chi connectivity index (χ0) is 20.4. The Balaban J connectivity index is 2.25. The Bertz CT molecular complexity index is 1100. The molecule has 0 aliphatic carbocycles. The lowest BCUT2D eigenvalue weighted by atomic mass is 10.2. The van der Waals surface area contributed by atoms with Crippen molar-refractivity contribution in [1.29, 1.82) is 0 Å². The van der Waals surface area contributed by atoms with Crippen LogP contribution in [0.15, 0.2) is 39.0 Å². The second-order valence-electron chi connectivity index (χ2n) is 7.10. The molecule has 2 aromatic heterocycles. The van der Waals surface area contributed by atoms with E-state index in [1.165, 1.54) is 9.13 Å². The summed E-state index contributed by atoms with van der Waals surface area (Å²) in [6, 6.07) is 7.55. The van der Waals surface area contributed by atoms with Gasteiger partial charge in [-0.2, -0.15) is 0 Å². The maximum atomic E-state index is 13.2. The second kappa shape index (κ2) is 8.57. The Hall–Kier alpha value is -1.99. The van der Waals surface area contributed by atoms with Crippen LogP contribution in [0, 0.1) is 0 Å².